The fourth-order valence-corrected chi connectivity index (χ4v) is 1.13. The molecule has 0 bridgehead atoms. The average Bonchev–Trinajstić information content (AvgIpc) is 2.21. The van der Waals surface area contributed by atoms with Crippen LogP contribution in [-0.4, -0.2) is 31.0 Å². The third-order valence-electron chi connectivity index (χ3n) is 2.13. The predicted molar refractivity (Wildman–Crippen MR) is 64.4 cm³/mol. The standard InChI is InChI=1S/C11H21N3O2/c1-9(12)14-8-6-4-5-7-11(2,13)10(15)16-3/h4,6H,5,7-8,13H2,1-3H3,(H2,12,14)/b6-4+. The molecule has 0 aromatic heterocycles. The van der Waals surface area contributed by atoms with Crippen molar-refractivity contribution in [2.45, 2.75) is 32.2 Å². The summed E-state index contributed by atoms with van der Waals surface area (Å²) in [5, 5.41) is 9.98. The Kier molecular flexibility index (Phi) is 6.41. The van der Waals surface area contributed by atoms with Crippen molar-refractivity contribution in [2.24, 2.45) is 5.73 Å². The topological polar surface area (TPSA) is 88.2 Å². The lowest BCUT2D eigenvalue weighted by Crippen LogP contribution is -2.45. The fraction of sp³-hybridized carbons (Fsp3) is 0.636. The van der Waals surface area contributed by atoms with E-state index in [0.29, 0.717) is 25.2 Å². The Hall–Kier alpha value is -1.36. The molecule has 4 N–H and O–H groups in total. The zero-order valence-electron chi connectivity index (χ0n) is 10.2. The molecule has 0 saturated heterocycles. The maximum atomic E-state index is 11.2. The first-order valence-electron chi connectivity index (χ1n) is 5.21. The van der Waals surface area contributed by atoms with Gasteiger partial charge in [-0.3, -0.25) is 10.2 Å². The number of hydrogen-bond acceptors (Lipinski definition) is 4. The summed E-state index contributed by atoms with van der Waals surface area (Å²) in [5.41, 5.74) is 4.85. The minimum absolute atomic E-state index is 0.394. The van der Waals surface area contributed by atoms with Crippen molar-refractivity contribution in [3.05, 3.63) is 12.2 Å². The van der Waals surface area contributed by atoms with Gasteiger partial charge in [0.2, 0.25) is 0 Å². The molecule has 92 valence electrons. The summed E-state index contributed by atoms with van der Waals surface area (Å²) >= 11 is 0. The van der Waals surface area contributed by atoms with Crippen LogP contribution < -0.4 is 11.1 Å². The molecule has 0 aliphatic rings. The summed E-state index contributed by atoms with van der Waals surface area (Å²) in [7, 11) is 1.33. The Morgan fingerprint density at radius 1 is 1.56 bits per heavy atom. The number of carbonyl (C=O) groups is 1. The molecule has 0 spiro atoms. The lowest BCUT2D eigenvalue weighted by Gasteiger charge is -2.20. The predicted octanol–water partition coefficient (Wildman–Crippen LogP) is 0.800. The van der Waals surface area contributed by atoms with Crippen molar-refractivity contribution < 1.29 is 9.53 Å². The highest BCUT2D eigenvalue weighted by atomic mass is 16.5. The molecule has 0 radical (unpaired) electrons. The molecule has 1 unspecified atom stereocenters. The Morgan fingerprint density at radius 3 is 2.69 bits per heavy atom. The lowest BCUT2D eigenvalue weighted by atomic mass is 9.97. The van der Waals surface area contributed by atoms with Gasteiger partial charge in [-0.1, -0.05) is 12.2 Å². The van der Waals surface area contributed by atoms with Crippen molar-refractivity contribution in [1.82, 2.24) is 5.32 Å². The van der Waals surface area contributed by atoms with Gasteiger partial charge in [0.15, 0.2) is 0 Å². The third-order valence-corrected chi connectivity index (χ3v) is 2.13. The number of nitrogens with one attached hydrogen (secondary N) is 2. The van der Waals surface area contributed by atoms with Gasteiger partial charge in [0, 0.05) is 6.54 Å². The second kappa shape index (κ2) is 7.00. The highest BCUT2D eigenvalue weighted by Gasteiger charge is 2.27. The van der Waals surface area contributed by atoms with Crippen LogP contribution in [-0.2, 0) is 9.53 Å². The second-order valence-corrected chi connectivity index (χ2v) is 3.93. The molecular formula is C11H21N3O2. The summed E-state index contributed by atoms with van der Waals surface area (Å²) in [5.74, 6) is 0.0391. The number of esters is 1. The maximum Gasteiger partial charge on any atom is 0.325 e. The molecule has 0 aromatic rings. The summed E-state index contributed by atoms with van der Waals surface area (Å²) in [4.78, 5) is 11.2. The minimum atomic E-state index is -0.927. The molecule has 0 aliphatic heterocycles. The van der Waals surface area contributed by atoms with Gasteiger partial charge in [-0.25, -0.2) is 0 Å². The first-order valence-corrected chi connectivity index (χ1v) is 5.21. The van der Waals surface area contributed by atoms with E-state index in [4.69, 9.17) is 11.1 Å². The van der Waals surface area contributed by atoms with E-state index in [1.54, 1.807) is 13.8 Å². The van der Waals surface area contributed by atoms with Crippen molar-refractivity contribution in [1.29, 1.82) is 5.41 Å². The van der Waals surface area contributed by atoms with E-state index in [1.165, 1.54) is 7.11 Å². The molecule has 0 amide bonds. The summed E-state index contributed by atoms with van der Waals surface area (Å²) in [6.45, 7) is 3.96. The number of ether oxygens (including phenoxy) is 1. The highest BCUT2D eigenvalue weighted by molar-refractivity contribution is 5.79. The highest BCUT2D eigenvalue weighted by Crippen LogP contribution is 2.10. The van der Waals surface area contributed by atoms with Crippen LogP contribution in [0.4, 0.5) is 0 Å². The zero-order valence-corrected chi connectivity index (χ0v) is 10.2. The number of nitrogens with two attached hydrogens (primary N) is 1. The summed E-state index contributed by atoms with van der Waals surface area (Å²) < 4.78 is 4.60. The average molecular weight is 227 g/mol. The number of methoxy groups -OCH3 is 1. The Morgan fingerprint density at radius 2 is 2.19 bits per heavy atom. The van der Waals surface area contributed by atoms with Gasteiger partial charge in [0.05, 0.1) is 12.9 Å². The maximum absolute atomic E-state index is 11.2. The van der Waals surface area contributed by atoms with Gasteiger partial charge < -0.3 is 15.8 Å². The normalized spacial score (nSPS) is 14.5. The Bertz CT molecular complexity index is 272. The molecule has 0 heterocycles. The van der Waals surface area contributed by atoms with Crippen LogP contribution in [0.25, 0.3) is 0 Å². The van der Waals surface area contributed by atoms with Gasteiger partial charge in [-0.15, -0.1) is 0 Å². The van der Waals surface area contributed by atoms with Crippen LogP contribution in [0, 0.1) is 5.41 Å². The zero-order chi connectivity index (χ0) is 12.6. The van der Waals surface area contributed by atoms with Gasteiger partial charge in [-0.2, -0.15) is 0 Å². The Labute approximate surface area is 96.5 Å². The lowest BCUT2D eigenvalue weighted by molar-refractivity contribution is -0.146. The van der Waals surface area contributed by atoms with Gasteiger partial charge in [0.1, 0.15) is 5.54 Å². The number of carbonyl (C=O) groups excluding carboxylic acids is 1. The van der Waals surface area contributed by atoms with Crippen LogP contribution in [0.5, 0.6) is 0 Å². The van der Waals surface area contributed by atoms with E-state index in [-0.39, 0.29) is 0 Å². The fourth-order valence-electron chi connectivity index (χ4n) is 1.13. The minimum Gasteiger partial charge on any atom is -0.468 e. The molecular weight excluding hydrogens is 206 g/mol. The molecule has 5 heteroatoms. The quantitative estimate of drug-likeness (QED) is 0.271. The molecule has 1 atom stereocenters. The first kappa shape index (κ1) is 14.6. The van der Waals surface area contributed by atoms with Crippen molar-refractivity contribution >= 4 is 11.8 Å². The molecule has 0 saturated carbocycles. The van der Waals surface area contributed by atoms with Crippen molar-refractivity contribution in [3.8, 4) is 0 Å². The number of rotatable bonds is 6. The third kappa shape index (κ3) is 6.19. The van der Waals surface area contributed by atoms with E-state index in [1.807, 2.05) is 12.2 Å². The van der Waals surface area contributed by atoms with Crippen LogP contribution >= 0.6 is 0 Å². The molecule has 16 heavy (non-hydrogen) atoms. The number of amidine groups is 1. The van der Waals surface area contributed by atoms with Gasteiger partial charge >= 0.3 is 5.97 Å². The van der Waals surface area contributed by atoms with Crippen LogP contribution in [0.15, 0.2) is 12.2 Å². The monoisotopic (exact) mass is 227 g/mol. The van der Waals surface area contributed by atoms with E-state index in [9.17, 15) is 4.79 Å². The van der Waals surface area contributed by atoms with Crippen LogP contribution in [0.3, 0.4) is 0 Å². The van der Waals surface area contributed by atoms with Crippen molar-refractivity contribution in [3.63, 3.8) is 0 Å². The number of allylic oxidation sites excluding steroid dienone is 1. The number of hydrogen-bond donors (Lipinski definition) is 3. The van der Waals surface area contributed by atoms with Crippen LogP contribution in [0.1, 0.15) is 26.7 Å². The van der Waals surface area contributed by atoms with E-state index < -0.39 is 11.5 Å². The first-order chi connectivity index (χ1) is 7.40. The Balaban J connectivity index is 3.80. The van der Waals surface area contributed by atoms with Crippen LogP contribution in [0.2, 0.25) is 0 Å². The van der Waals surface area contributed by atoms with Gasteiger partial charge in [-0.05, 0) is 26.7 Å². The van der Waals surface area contributed by atoms with E-state index in [0.717, 1.165) is 0 Å². The van der Waals surface area contributed by atoms with E-state index in [2.05, 4.69) is 10.1 Å². The SMILES string of the molecule is COC(=O)C(C)(N)CC/C=C/CNC(C)=N. The smallest absolute Gasteiger partial charge is 0.325 e. The molecule has 0 aromatic carbocycles. The van der Waals surface area contributed by atoms with E-state index >= 15 is 0 Å². The van der Waals surface area contributed by atoms with Crippen molar-refractivity contribution in [2.75, 3.05) is 13.7 Å². The van der Waals surface area contributed by atoms with Gasteiger partial charge in [0.25, 0.3) is 0 Å². The molecule has 0 fully saturated rings. The second-order valence-electron chi connectivity index (χ2n) is 3.93. The molecule has 0 rings (SSSR count). The summed E-state index contributed by atoms with van der Waals surface area (Å²) in [6.07, 6.45) is 5.09. The summed E-state index contributed by atoms with van der Waals surface area (Å²) in [6, 6.07) is 0. The molecule has 5 nitrogen and oxygen atoms in total. The largest absolute Gasteiger partial charge is 0.468 e. The molecule has 0 aliphatic carbocycles.